The van der Waals surface area contributed by atoms with Crippen LogP contribution in [0.15, 0.2) is 84.8 Å². The molecule has 2 heterocycles. The predicted molar refractivity (Wildman–Crippen MR) is 128 cm³/mol. The van der Waals surface area contributed by atoms with Crippen LogP contribution in [0.25, 0.3) is 11.1 Å². The molecule has 0 amide bonds. The molecule has 0 unspecified atom stereocenters. The maximum absolute atomic E-state index is 11.7. The highest BCUT2D eigenvalue weighted by Crippen LogP contribution is 2.25. The van der Waals surface area contributed by atoms with Crippen molar-refractivity contribution >= 4 is 23.0 Å². The van der Waals surface area contributed by atoms with Crippen LogP contribution in [0.4, 0.5) is 5.69 Å². The molecule has 2 aromatic carbocycles. The van der Waals surface area contributed by atoms with E-state index in [1.54, 1.807) is 35.9 Å². The van der Waals surface area contributed by atoms with Crippen LogP contribution in [0.1, 0.15) is 20.8 Å². The molecule has 32 heavy (non-hydrogen) atoms. The molecule has 0 saturated heterocycles. The van der Waals surface area contributed by atoms with Gasteiger partial charge in [0, 0.05) is 48.3 Å². The van der Waals surface area contributed by atoms with Gasteiger partial charge < -0.3 is 15.7 Å². The number of benzene rings is 2. The summed E-state index contributed by atoms with van der Waals surface area (Å²) in [5.41, 5.74) is 5.86. The number of nitrogens with one attached hydrogen (secondary N) is 2. The largest absolute Gasteiger partial charge is 0.478 e. The van der Waals surface area contributed by atoms with Gasteiger partial charge in [-0.1, -0.05) is 30.3 Å². The summed E-state index contributed by atoms with van der Waals surface area (Å²) in [7, 11) is 0. The van der Waals surface area contributed by atoms with Crippen molar-refractivity contribution < 1.29 is 9.90 Å². The van der Waals surface area contributed by atoms with Gasteiger partial charge in [-0.3, -0.25) is 9.97 Å². The van der Waals surface area contributed by atoms with Gasteiger partial charge in [-0.05, 0) is 53.4 Å². The molecule has 162 valence electrons. The summed E-state index contributed by atoms with van der Waals surface area (Å²) in [5, 5.41) is 16.6. The van der Waals surface area contributed by atoms with E-state index in [2.05, 4.69) is 32.7 Å². The summed E-state index contributed by atoms with van der Waals surface area (Å²) < 4.78 is 0. The Labute approximate surface area is 191 Å². The Kier molecular flexibility index (Phi) is 7.22. The third kappa shape index (κ3) is 6.00. The van der Waals surface area contributed by atoms with Crippen LogP contribution in [0.5, 0.6) is 0 Å². The number of carbonyl (C=O) groups is 1. The second kappa shape index (κ2) is 10.7. The fraction of sp³-hybridized carbons (Fsp3) is 0.160. The number of aromatic nitrogens is 2. The average molecular weight is 445 g/mol. The van der Waals surface area contributed by atoms with Gasteiger partial charge in [0.2, 0.25) is 0 Å². The Hall–Kier alpha value is -3.55. The molecule has 6 nitrogen and oxygen atoms in total. The molecule has 2 aromatic heterocycles. The van der Waals surface area contributed by atoms with Crippen LogP contribution in [-0.4, -0.2) is 33.6 Å². The van der Waals surface area contributed by atoms with E-state index in [-0.39, 0.29) is 11.6 Å². The lowest BCUT2D eigenvalue weighted by molar-refractivity contribution is 0.0697. The molecule has 0 spiro atoms. The van der Waals surface area contributed by atoms with Crippen molar-refractivity contribution in [2.24, 2.45) is 0 Å². The quantitative estimate of drug-likeness (QED) is 0.328. The molecule has 0 aliphatic rings. The van der Waals surface area contributed by atoms with Gasteiger partial charge >= 0.3 is 5.97 Å². The van der Waals surface area contributed by atoms with E-state index >= 15 is 0 Å². The highest BCUT2D eigenvalue weighted by molar-refractivity contribution is 7.09. The third-order valence-electron chi connectivity index (χ3n) is 5.12. The molecule has 4 aromatic rings. The summed E-state index contributed by atoms with van der Waals surface area (Å²) >= 11 is 1.63. The van der Waals surface area contributed by atoms with Crippen LogP contribution in [0.3, 0.4) is 0 Å². The van der Waals surface area contributed by atoms with E-state index in [4.69, 9.17) is 0 Å². The summed E-state index contributed by atoms with van der Waals surface area (Å²) in [6, 6.07) is 19.6. The SMILES string of the molecule is O=C(O)c1cc(NC[C@H](Cc2ccccc2)NCc2cncs2)cc(-c2ccncc2)c1. The number of nitrogens with zero attached hydrogens (tertiary/aromatic N) is 2. The van der Waals surface area contributed by atoms with Gasteiger partial charge in [0.15, 0.2) is 0 Å². The number of anilines is 1. The first kappa shape index (κ1) is 21.7. The second-order valence-electron chi connectivity index (χ2n) is 7.46. The predicted octanol–water partition coefficient (Wildman–Crippen LogP) is 4.72. The van der Waals surface area contributed by atoms with Gasteiger partial charge in [0.05, 0.1) is 11.1 Å². The Morgan fingerprint density at radius 3 is 2.53 bits per heavy atom. The van der Waals surface area contributed by atoms with E-state index in [0.717, 1.165) is 29.8 Å². The molecule has 0 saturated carbocycles. The number of hydrogen-bond acceptors (Lipinski definition) is 6. The number of carboxylic acids is 1. The van der Waals surface area contributed by atoms with E-state index in [0.29, 0.717) is 6.54 Å². The normalized spacial score (nSPS) is 11.8. The average Bonchev–Trinajstić information content (AvgIpc) is 3.35. The van der Waals surface area contributed by atoms with E-state index in [1.807, 2.05) is 48.1 Å². The first-order valence-electron chi connectivity index (χ1n) is 10.3. The number of thiazole rings is 1. The third-order valence-corrected chi connectivity index (χ3v) is 5.90. The minimum atomic E-state index is -0.951. The number of carboxylic acid groups (broad SMARTS) is 1. The van der Waals surface area contributed by atoms with E-state index in [9.17, 15) is 9.90 Å². The molecule has 1 atom stereocenters. The maximum Gasteiger partial charge on any atom is 0.335 e. The first-order chi connectivity index (χ1) is 15.7. The molecular formula is C25H24N4O2S. The van der Waals surface area contributed by atoms with Gasteiger partial charge in [-0.25, -0.2) is 4.79 Å². The Bertz CT molecular complexity index is 1140. The van der Waals surface area contributed by atoms with E-state index < -0.39 is 5.97 Å². The fourth-order valence-corrected chi connectivity index (χ4v) is 4.04. The minimum absolute atomic E-state index is 0.150. The van der Waals surface area contributed by atoms with Crippen LogP contribution >= 0.6 is 11.3 Å². The van der Waals surface area contributed by atoms with Gasteiger partial charge in [0.1, 0.15) is 0 Å². The Morgan fingerprint density at radius 1 is 1.00 bits per heavy atom. The molecule has 0 aliphatic carbocycles. The van der Waals surface area contributed by atoms with Crippen molar-refractivity contribution in [3.63, 3.8) is 0 Å². The molecule has 3 N–H and O–H groups in total. The van der Waals surface area contributed by atoms with Crippen LogP contribution < -0.4 is 10.6 Å². The van der Waals surface area contributed by atoms with Gasteiger partial charge in [-0.15, -0.1) is 11.3 Å². The van der Waals surface area contributed by atoms with Crippen molar-refractivity contribution in [1.82, 2.24) is 15.3 Å². The Balaban J connectivity index is 1.51. The molecule has 7 heteroatoms. The van der Waals surface area contributed by atoms with Crippen molar-refractivity contribution in [3.8, 4) is 11.1 Å². The highest BCUT2D eigenvalue weighted by atomic mass is 32.1. The standard InChI is InChI=1S/C25H24N4O2S/c30-25(31)21-11-20(19-6-8-26-9-7-19)12-22(13-21)28-14-23(10-18-4-2-1-3-5-18)29-16-24-15-27-17-32-24/h1-9,11-13,15,17,23,28-29H,10,14,16H2,(H,30,31)/t23-/m0/s1. The molecule has 0 aliphatic heterocycles. The van der Waals surface area contributed by atoms with Crippen LogP contribution in [0, 0.1) is 0 Å². The topological polar surface area (TPSA) is 87.1 Å². The summed E-state index contributed by atoms with van der Waals surface area (Å²) in [6.07, 6.45) is 6.13. The van der Waals surface area contributed by atoms with Crippen molar-refractivity contribution in [1.29, 1.82) is 0 Å². The number of rotatable bonds is 10. The minimum Gasteiger partial charge on any atom is -0.478 e. The zero-order chi connectivity index (χ0) is 22.2. The lowest BCUT2D eigenvalue weighted by Crippen LogP contribution is -2.36. The smallest absolute Gasteiger partial charge is 0.335 e. The van der Waals surface area contributed by atoms with E-state index in [1.165, 1.54) is 10.4 Å². The number of hydrogen-bond donors (Lipinski definition) is 3. The molecular weight excluding hydrogens is 420 g/mol. The van der Waals surface area contributed by atoms with Gasteiger partial charge in [-0.2, -0.15) is 0 Å². The van der Waals surface area contributed by atoms with Crippen molar-refractivity contribution in [2.75, 3.05) is 11.9 Å². The summed E-state index contributed by atoms with van der Waals surface area (Å²) in [6.45, 7) is 1.38. The maximum atomic E-state index is 11.7. The molecule has 4 rings (SSSR count). The second-order valence-corrected chi connectivity index (χ2v) is 8.43. The Morgan fingerprint density at radius 2 is 1.81 bits per heavy atom. The summed E-state index contributed by atoms with van der Waals surface area (Å²) in [5.74, 6) is -0.951. The molecule has 0 fully saturated rings. The monoisotopic (exact) mass is 444 g/mol. The highest BCUT2D eigenvalue weighted by Gasteiger charge is 2.13. The lowest BCUT2D eigenvalue weighted by atomic mass is 10.0. The van der Waals surface area contributed by atoms with Crippen LogP contribution in [0.2, 0.25) is 0 Å². The van der Waals surface area contributed by atoms with Crippen molar-refractivity contribution in [2.45, 2.75) is 19.0 Å². The fourth-order valence-electron chi connectivity index (χ4n) is 3.49. The zero-order valence-corrected chi connectivity index (χ0v) is 18.3. The van der Waals surface area contributed by atoms with Crippen LogP contribution in [-0.2, 0) is 13.0 Å². The van der Waals surface area contributed by atoms with Gasteiger partial charge in [0.25, 0.3) is 0 Å². The molecule has 0 radical (unpaired) electrons. The lowest BCUT2D eigenvalue weighted by Gasteiger charge is -2.20. The zero-order valence-electron chi connectivity index (χ0n) is 17.4. The summed E-state index contributed by atoms with van der Waals surface area (Å²) in [4.78, 5) is 21.1. The first-order valence-corrected chi connectivity index (χ1v) is 11.2. The molecule has 0 bridgehead atoms. The number of aromatic carboxylic acids is 1. The number of pyridine rings is 1. The van der Waals surface area contributed by atoms with Crippen molar-refractivity contribution in [3.05, 3.63) is 101 Å².